The van der Waals surface area contributed by atoms with E-state index in [4.69, 9.17) is 11.6 Å². The minimum absolute atomic E-state index is 0.537. The van der Waals surface area contributed by atoms with Gasteiger partial charge in [0.2, 0.25) is 0 Å². The summed E-state index contributed by atoms with van der Waals surface area (Å²) in [7, 11) is 0. The van der Waals surface area contributed by atoms with Crippen LogP contribution in [0.5, 0.6) is 0 Å². The van der Waals surface area contributed by atoms with E-state index in [-0.39, 0.29) is 0 Å². The number of nitrogens with zero attached hydrogens (tertiary/aromatic N) is 2. The first kappa shape index (κ1) is 12.6. The molecule has 0 atom stereocenters. The zero-order valence-corrected chi connectivity index (χ0v) is 12.6. The second-order valence-corrected chi connectivity index (χ2v) is 6.28. The second kappa shape index (κ2) is 4.58. The van der Waals surface area contributed by atoms with Gasteiger partial charge in [0.1, 0.15) is 11.5 Å². The maximum absolute atomic E-state index is 6.16. The number of thiophene rings is 1. The number of benzene rings is 1. The molecule has 0 spiro atoms. The number of hydrogen-bond acceptors (Lipinski definition) is 3. The van der Waals surface area contributed by atoms with Crippen molar-refractivity contribution in [3.63, 3.8) is 0 Å². The van der Waals surface area contributed by atoms with Crippen LogP contribution in [0.4, 0.5) is 0 Å². The Morgan fingerprint density at radius 1 is 1.11 bits per heavy atom. The second-order valence-electron chi connectivity index (χ2n) is 4.69. The Morgan fingerprint density at radius 3 is 2.68 bits per heavy atom. The maximum Gasteiger partial charge on any atom is 0.150 e. The van der Waals surface area contributed by atoms with Gasteiger partial charge in [-0.2, -0.15) is 0 Å². The quantitative estimate of drug-likeness (QED) is 0.593. The van der Waals surface area contributed by atoms with Crippen molar-refractivity contribution < 1.29 is 0 Å². The highest BCUT2D eigenvalue weighted by atomic mass is 35.5. The summed E-state index contributed by atoms with van der Waals surface area (Å²) in [5.74, 6) is 0. The molecule has 0 saturated carbocycles. The van der Waals surface area contributed by atoms with Crippen LogP contribution < -0.4 is 0 Å². The largest absolute Gasteiger partial charge is 0.235 e. The Bertz CT molecular complexity index is 777. The van der Waals surface area contributed by atoms with Gasteiger partial charge >= 0.3 is 0 Å². The lowest BCUT2D eigenvalue weighted by Crippen LogP contribution is -1.87. The zero-order valence-electron chi connectivity index (χ0n) is 11.0. The first-order chi connectivity index (χ1) is 9.08. The van der Waals surface area contributed by atoms with Crippen LogP contribution in [0.15, 0.2) is 24.5 Å². The topological polar surface area (TPSA) is 25.8 Å². The summed E-state index contributed by atoms with van der Waals surface area (Å²) in [5.41, 5.74) is 5.88. The van der Waals surface area contributed by atoms with E-state index in [1.165, 1.54) is 33.5 Å². The molecule has 0 radical (unpaired) electrons. The number of aromatic nitrogens is 2. The molecular weight excluding hydrogens is 276 g/mol. The summed E-state index contributed by atoms with van der Waals surface area (Å²) in [6.07, 6.45) is 1.53. The molecule has 0 unspecified atom stereocenters. The fraction of sp³-hybridized carbons (Fsp3) is 0.200. The third-order valence-corrected chi connectivity index (χ3v) is 4.77. The molecule has 2 aromatic heterocycles. The fourth-order valence-corrected chi connectivity index (χ4v) is 3.57. The summed E-state index contributed by atoms with van der Waals surface area (Å²) >= 11 is 7.82. The monoisotopic (exact) mass is 288 g/mol. The number of fused-ring (bicyclic) bond motifs is 1. The van der Waals surface area contributed by atoms with E-state index >= 15 is 0 Å². The molecule has 0 aliphatic carbocycles. The molecule has 0 N–H and O–H groups in total. The van der Waals surface area contributed by atoms with Crippen molar-refractivity contribution in [1.82, 2.24) is 9.97 Å². The van der Waals surface area contributed by atoms with Crippen LogP contribution in [0.2, 0.25) is 5.15 Å². The Kier molecular flexibility index (Phi) is 3.03. The number of hydrogen-bond donors (Lipinski definition) is 0. The molecule has 3 aromatic rings. The van der Waals surface area contributed by atoms with Crippen LogP contribution in [0.1, 0.15) is 16.0 Å². The Hall–Kier alpha value is -1.45. The van der Waals surface area contributed by atoms with E-state index in [1.54, 1.807) is 11.3 Å². The Balaban J connectivity index is 2.39. The van der Waals surface area contributed by atoms with Gasteiger partial charge in [-0.25, -0.2) is 9.97 Å². The summed E-state index contributed by atoms with van der Waals surface area (Å²) < 4.78 is 0.970. The smallest absolute Gasteiger partial charge is 0.150 e. The molecule has 3 rings (SSSR count). The normalized spacial score (nSPS) is 11.2. The van der Waals surface area contributed by atoms with Crippen molar-refractivity contribution in [3.8, 4) is 11.1 Å². The highest BCUT2D eigenvalue weighted by Gasteiger charge is 2.16. The van der Waals surface area contributed by atoms with Gasteiger partial charge in [0.15, 0.2) is 0 Å². The van der Waals surface area contributed by atoms with Crippen LogP contribution in [0.3, 0.4) is 0 Å². The molecule has 0 bridgehead atoms. The minimum Gasteiger partial charge on any atom is -0.235 e. The van der Waals surface area contributed by atoms with E-state index in [0.717, 1.165) is 10.2 Å². The summed E-state index contributed by atoms with van der Waals surface area (Å²) in [5, 5.41) is 0.537. The molecule has 1 aromatic carbocycles. The molecule has 2 nitrogen and oxygen atoms in total. The van der Waals surface area contributed by atoms with Gasteiger partial charge in [-0.1, -0.05) is 35.4 Å². The lowest BCUT2D eigenvalue weighted by atomic mass is 9.98. The van der Waals surface area contributed by atoms with E-state index in [9.17, 15) is 0 Å². The van der Waals surface area contributed by atoms with Crippen LogP contribution in [-0.2, 0) is 0 Å². The van der Waals surface area contributed by atoms with E-state index < -0.39 is 0 Å². The van der Waals surface area contributed by atoms with Crippen LogP contribution in [-0.4, -0.2) is 9.97 Å². The fourth-order valence-electron chi connectivity index (χ4n) is 2.31. The highest BCUT2D eigenvalue weighted by molar-refractivity contribution is 7.20. The molecule has 2 heterocycles. The average molecular weight is 289 g/mol. The standard InChI is InChI=1S/C15H13ClN2S/c1-8-4-5-9(2)11(6-8)12-10(3)19-14-13(12)17-7-18-15(14)16/h4-7H,1-3H3. The molecule has 0 saturated heterocycles. The van der Waals surface area contributed by atoms with Gasteiger partial charge in [-0.05, 0) is 31.9 Å². The molecule has 96 valence electrons. The van der Waals surface area contributed by atoms with E-state index in [0.29, 0.717) is 5.15 Å². The number of halogens is 1. The van der Waals surface area contributed by atoms with Gasteiger partial charge < -0.3 is 0 Å². The molecule has 0 aliphatic rings. The summed E-state index contributed by atoms with van der Waals surface area (Å²) in [4.78, 5) is 9.71. The minimum atomic E-state index is 0.537. The number of aryl methyl sites for hydroxylation is 3. The Labute approximate surface area is 121 Å². The van der Waals surface area contributed by atoms with Crippen molar-refractivity contribution in [3.05, 3.63) is 45.7 Å². The summed E-state index contributed by atoms with van der Waals surface area (Å²) in [6, 6.07) is 6.49. The molecule has 19 heavy (non-hydrogen) atoms. The van der Waals surface area contributed by atoms with Gasteiger partial charge in [-0.15, -0.1) is 11.3 Å². The lowest BCUT2D eigenvalue weighted by molar-refractivity contribution is 1.23. The zero-order chi connectivity index (χ0) is 13.6. The van der Waals surface area contributed by atoms with Crippen molar-refractivity contribution in [2.45, 2.75) is 20.8 Å². The van der Waals surface area contributed by atoms with Crippen molar-refractivity contribution in [2.24, 2.45) is 0 Å². The highest BCUT2D eigenvalue weighted by Crippen LogP contribution is 2.40. The van der Waals surface area contributed by atoms with Crippen molar-refractivity contribution in [2.75, 3.05) is 0 Å². The summed E-state index contributed by atoms with van der Waals surface area (Å²) in [6.45, 7) is 6.34. The first-order valence-electron chi connectivity index (χ1n) is 6.05. The van der Waals surface area contributed by atoms with Gasteiger partial charge in [-0.3, -0.25) is 0 Å². The maximum atomic E-state index is 6.16. The van der Waals surface area contributed by atoms with Crippen LogP contribution in [0.25, 0.3) is 21.3 Å². The number of rotatable bonds is 1. The molecule has 4 heteroatoms. The molecular formula is C15H13ClN2S. The predicted molar refractivity (Wildman–Crippen MR) is 82.1 cm³/mol. The Morgan fingerprint density at radius 2 is 1.89 bits per heavy atom. The third-order valence-electron chi connectivity index (χ3n) is 3.27. The third kappa shape index (κ3) is 2.03. The molecule has 0 amide bonds. The molecule has 0 fully saturated rings. The van der Waals surface area contributed by atoms with E-state index in [1.807, 2.05) is 0 Å². The first-order valence-corrected chi connectivity index (χ1v) is 7.24. The van der Waals surface area contributed by atoms with Crippen LogP contribution >= 0.6 is 22.9 Å². The molecule has 0 aliphatic heterocycles. The SMILES string of the molecule is Cc1ccc(C)c(-c2c(C)sc3c(Cl)ncnc23)c1. The lowest BCUT2D eigenvalue weighted by Gasteiger charge is -2.07. The van der Waals surface area contributed by atoms with Crippen molar-refractivity contribution >= 4 is 33.2 Å². The van der Waals surface area contributed by atoms with E-state index in [2.05, 4.69) is 48.9 Å². The van der Waals surface area contributed by atoms with Crippen LogP contribution in [0, 0.1) is 20.8 Å². The van der Waals surface area contributed by atoms with Gasteiger partial charge in [0, 0.05) is 10.4 Å². The van der Waals surface area contributed by atoms with Gasteiger partial charge in [0.05, 0.1) is 10.2 Å². The average Bonchev–Trinajstić information content (AvgIpc) is 2.70. The van der Waals surface area contributed by atoms with Crippen molar-refractivity contribution in [1.29, 1.82) is 0 Å². The van der Waals surface area contributed by atoms with Gasteiger partial charge in [0.25, 0.3) is 0 Å². The predicted octanol–water partition coefficient (Wildman–Crippen LogP) is 4.94.